The van der Waals surface area contributed by atoms with Gasteiger partial charge in [0.15, 0.2) is 0 Å². The molecule has 0 N–H and O–H groups in total. The molecule has 0 radical (unpaired) electrons. The van der Waals surface area contributed by atoms with Crippen LogP contribution < -0.4 is 0 Å². The van der Waals surface area contributed by atoms with Gasteiger partial charge < -0.3 is 9.80 Å². The topological polar surface area (TPSA) is 40.6 Å². The fraction of sp³-hybridized carbons (Fsp3) is 0.833. The summed E-state index contributed by atoms with van der Waals surface area (Å²) in [5, 5.41) is 0. The van der Waals surface area contributed by atoms with Crippen LogP contribution in [0.1, 0.15) is 12.8 Å². The lowest BCUT2D eigenvalue weighted by molar-refractivity contribution is -0.137. The molecule has 2 unspecified atom stereocenters. The zero-order valence-corrected chi connectivity index (χ0v) is 11.9. The molecule has 5 heteroatoms. The molecule has 0 saturated heterocycles. The summed E-state index contributed by atoms with van der Waals surface area (Å²) in [6, 6.07) is 0. The number of ketones is 2. The summed E-state index contributed by atoms with van der Waals surface area (Å²) in [5.74, 6) is 0.335. The van der Waals surface area contributed by atoms with Crippen molar-refractivity contribution in [2.24, 2.45) is 11.8 Å². The first-order valence-corrected chi connectivity index (χ1v) is 5.75. The van der Waals surface area contributed by atoms with Gasteiger partial charge in [-0.15, -0.1) is 12.4 Å². The van der Waals surface area contributed by atoms with Crippen LogP contribution in [0.5, 0.6) is 0 Å². The van der Waals surface area contributed by atoms with Crippen LogP contribution in [0.2, 0.25) is 0 Å². The van der Waals surface area contributed by atoms with Crippen LogP contribution in [0.15, 0.2) is 0 Å². The Morgan fingerprint density at radius 2 is 1.18 bits per heavy atom. The summed E-state index contributed by atoms with van der Waals surface area (Å²) >= 11 is 0. The molecule has 0 bridgehead atoms. The maximum absolute atomic E-state index is 11.9. The van der Waals surface area contributed by atoms with Crippen LogP contribution >= 0.6 is 12.4 Å². The van der Waals surface area contributed by atoms with E-state index in [-0.39, 0.29) is 35.8 Å². The largest absolute Gasteiger partial charge is 0.309 e. The summed E-state index contributed by atoms with van der Waals surface area (Å²) in [6.45, 7) is 1.39. The highest BCUT2D eigenvalue weighted by Crippen LogP contribution is 2.24. The van der Waals surface area contributed by atoms with Gasteiger partial charge in [-0.1, -0.05) is 0 Å². The first kappa shape index (κ1) is 16.6. The van der Waals surface area contributed by atoms with E-state index in [2.05, 4.69) is 0 Å². The van der Waals surface area contributed by atoms with Crippen molar-refractivity contribution >= 4 is 24.0 Å². The second-order valence-electron chi connectivity index (χ2n) is 5.26. The van der Waals surface area contributed by atoms with Gasteiger partial charge in [-0.2, -0.15) is 0 Å². The third kappa shape index (κ3) is 5.15. The third-order valence-electron chi connectivity index (χ3n) is 2.98. The zero-order chi connectivity index (χ0) is 12.3. The molecule has 0 amide bonds. The number of halogens is 1. The molecule has 1 aliphatic carbocycles. The number of rotatable bonds is 4. The van der Waals surface area contributed by atoms with Crippen molar-refractivity contribution in [3.63, 3.8) is 0 Å². The number of nitrogens with zero attached hydrogens (tertiary/aromatic N) is 2. The second kappa shape index (κ2) is 7.09. The number of Topliss-reactive ketones (excluding diaryl/α,β-unsaturated/α-hetero) is 2. The van der Waals surface area contributed by atoms with E-state index in [9.17, 15) is 9.59 Å². The number of hydrogen-bond donors (Lipinski definition) is 0. The minimum absolute atomic E-state index is 0. The van der Waals surface area contributed by atoms with Gasteiger partial charge in [0.25, 0.3) is 0 Å². The van der Waals surface area contributed by atoms with E-state index in [0.29, 0.717) is 25.9 Å². The van der Waals surface area contributed by atoms with Gasteiger partial charge in [0.2, 0.25) is 0 Å². The third-order valence-corrected chi connectivity index (χ3v) is 2.98. The Kier molecular flexibility index (Phi) is 6.90. The fourth-order valence-electron chi connectivity index (χ4n) is 2.26. The van der Waals surface area contributed by atoms with Crippen LogP contribution in [0, 0.1) is 11.8 Å². The van der Waals surface area contributed by atoms with Gasteiger partial charge in [-0.05, 0) is 28.2 Å². The Bertz CT molecular complexity index is 252. The van der Waals surface area contributed by atoms with E-state index >= 15 is 0 Å². The Morgan fingerprint density at radius 3 is 1.41 bits per heavy atom. The van der Waals surface area contributed by atoms with Crippen LogP contribution in [-0.2, 0) is 9.59 Å². The lowest BCUT2D eigenvalue weighted by Gasteiger charge is -2.29. The predicted octanol–water partition coefficient (Wildman–Crippen LogP) is 0.696. The molecule has 100 valence electrons. The molecule has 1 fully saturated rings. The molecule has 0 spiro atoms. The Morgan fingerprint density at radius 1 is 0.882 bits per heavy atom. The normalized spacial score (nSPS) is 25.3. The SMILES string of the molecule is CN(C)CC1CC(=O)C(CN(C)C)CC1=O.Cl. The molecule has 0 aromatic rings. The summed E-state index contributed by atoms with van der Waals surface area (Å²) < 4.78 is 0. The van der Waals surface area contributed by atoms with Gasteiger partial charge >= 0.3 is 0 Å². The highest BCUT2D eigenvalue weighted by atomic mass is 35.5. The van der Waals surface area contributed by atoms with Crippen molar-refractivity contribution in [1.29, 1.82) is 0 Å². The first-order valence-electron chi connectivity index (χ1n) is 5.75. The van der Waals surface area contributed by atoms with E-state index in [0.717, 1.165) is 0 Å². The van der Waals surface area contributed by atoms with Crippen molar-refractivity contribution in [3.05, 3.63) is 0 Å². The summed E-state index contributed by atoms with van der Waals surface area (Å²) in [7, 11) is 7.74. The Balaban J connectivity index is 0.00000256. The van der Waals surface area contributed by atoms with E-state index in [1.54, 1.807) is 0 Å². The first-order chi connectivity index (χ1) is 7.40. The summed E-state index contributed by atoms with van der Waals surface area (Å²) in [5.41, 5.74) is 0. The van der Waals surface area contributed by atoms with E-state index in [4.69, 9.17) is 0 Å². The zero-order valence-electron chi connectivity index (χ0n) is 11.1. The lowest BCUT2D eigenvalue weighted by atomic mass is 9.79. The molecule has 1 rings (SSSR count). The number of carbonyl (C=O) groups is 2. The van der Waals surface area contributed by atoms with Gasteiger partial charge in [-0.25, -0.2) is 0 Å². The molecule has 0 heterocycles. The average Bonchev–Trinajstić information content (AvgIpc) is 2.11. The van der Waals surface area contributed by atoms with Crippen molar-refractivity contribution in [1.82, 2.24) is 9.80 Å². The highest BCUT2D eigenvalue weighted by molar-refractivity contribution is 5.96. The minimum Gasteiger partial charge on any atom is -0.309 e. The maximum atomic E-state index is 11.9. The fourth-order valence-corrected chi connectivity index (χ4v) is 2.26. The lowest BCUT2D eigenvalue weighted by Crippen LogP contribution is -2.41. The average molecular weight is 263 g/mol. The quantitative estimate of drug-likeness (QED) is 0.748. The van der Waals surface area contributed by atoms with Crippen LogP contribution in [-0.4, -0.2) is 62.6 Å². The smallest absolute Gasteiger partial charge is 0.138 e. The number of carbonyl (C=O) groups excluding carboxylic acids is 2. The van der Waals surface area contributed by atoms with Gasteiger partial charge in [0, 0.05) is 37.8 Å². The molecule has 1 aliphatic rings. The van der Waals surface area contributed by atoms with Crippen LogP contribution in [0.3, 0.4) is 0 Å². The van der Waals surface area contributed by atoms with Crippen LogP contribution in [0.4, 0.5) is 0 Å². The van der Waals surface area contributed by atoms with Gasteiger partial charge in [-0.3, -0.25) is 9.59 Å². The second-order valence-corrected chi connectivity index (χ2v) is 5.26. The van der Waals surface area contributed by atoms with Gasteiger partial charge in [0.05, 0.1) is 0 Å². The Labute approximate surface area is 110 Å². The highest BCUT2D eigenvalue weighted by Gasteiger charge is 2.34. The monoisotopic (exact) mass is 262 g/mol. The van der Waals surface area contributed by atoms with Crippen LogP contribution in [0.25, 0.3) is 0 Å². The predicted molar refractivity (Wildman–Crippen MR) is 70.6 cm³/mol. The van der Waals surface area contributed by atoms with E-state index < -0.39 is 0 Å². The van der Waals surface area contributed by atoms with Crippen molar-refractivity contribution in [2.75, 3.05) is 41.3 Å². The van der Waals surface area contributed by atoms with Crippen molar-refractivity contribution in [3.8, 4) is 0 Å². The molecule has 0 aromatic carbocycles. The van der Waals surface area contributed by atoms with E-state index in [1.165, 1.54) is 0 Å². The summed E-state index contributed by atoms with van der Waals surface area (Å²) in [4.78, 5) is 27.7. The minimum atomic E-state index is -0.0825. The molecular formula is C12H23ClN2O2. The Hall–Kier alpha value is -0.450. The molecule has 0 aliphatic heterocycles. The standard InChI is InChI=1S/C12H22N2O2.ClH/c1-13(2)7-9-5-12(16)10(6-11(9)15)8-14(3)4;/h9-10H,5-8H2,1-4H3;1H. The van der Waals surface area contributed by atoms with Crippen molar-refractivity contribution < 1.29 is 9.59 Å². The molecule has 4 nitrogen and oxygen atoms in total. The van der Waals surface area contributed by atoms with Gasteiger partial charge in [0.1, 0.15) is 11.6 Å². The molecule has 1 saturated carbocycles. The summed E-state index contributed by atoms with van der Waals surface area (Å²) in [6.07, 6.45) is 0.852. The van der Waals surface area contributed by atoms with E-state index in [1.807, 2.05) is 38.0 Å². The number of hydrogen-bond acceptors (Lipinski definition) is 4. The van der Waals surface area contributed by atoms with Crippen molar-refractivity contribution in [2.45, 2.75) is 12.8 Å². The maximum Gasteiger partial charge on any atom is 0.138 e. The molecule has 17 heavy (non-hydrogen) atoms. The molecule has 0 aromatic heterocycles. The molecular weight excluding hydrogens is 240 g/mol. The molecule has 2 atom stereocenters.